The number of hydrogen-bond acceptors (Lipinski definition) is 6. The Morgan fingerprint density at radius 3 is 2.35 bits per heavy atom. The molecule has 2 heterocycles. The zero-order valence-corrected chi connectivity index (χ0v) is 20.1. The van der Waals surface area contributed by atoms with E-state index >= 15 is 0 Å². The lowest BCUT2D eigenvalue weighted by atomic mass is 10.2. The smallest absolute Gasteiger partial charge is 0.251 e. The van der Waals surface area contributed by atoms with Crippen molar-refractivity contribution in [3.8, 4) is 5.75 Å². The molecule has 0 aliphatic carbocycles. The van der Waals surface area contributed by atoms with Crippen LogP contribution in [0.25, 0.3) is 0 Å². The molecule has 0 unspecified atom stereocenters. The molecule has 0 spiro atoms. The summed E-state index contributed by atoms with van der Waals surface area (Å²) in [5.74, 6) is 0.432. The van der Waals surface area contributed by atoms with E-state index in [9.17, 15) is 9.59 Å². The summed E-state index contributed by atoms with van der Waals surface area (Å²) in [6, 6.07) is 17.4. The Bertz CT molecular complexity index is 927. The topological polar surface area (TPSA) is 65.1 Å². The Labute approximate surface area is 202 Å². The van der Waals surface area contributed by atoms with Crippen LogP contribution in [0.3, 0.4) is 0 Å². The summed E-state index contributed by atoms with van der Waals surface area (Å²) in [6.45, 7) is 9.74. The van der Waals surface area contributed by atoms with E-state index in [0.717, 1.165) is 64.4 Å². The molecule has 1 atom stereocenters. The number of carbonyl (C=O) groups is 2. The van der Waals surface area contributed by atoms with Gasteiger partial charge in [-0.25, -0.2) is 4.90 Å². The highest BCUT2D eigenvalue weighted by Crippen LogP contribution is 2.25. The predicted octanol–water partition coefficient (Wildman–Crippen LogP) is 2.90. The number of imide groups is 1. The normalized spacial score (nSPS) is 19.7. The van der Waals surface area contributed by atoms with E-state index in [2.05, 4.69) is 52.4 Å². The molecular formula is C27H36N4O3. The monoisotopic (exact) mass is 464 g/mol. The molecule has 2 saturated heterocycles. The lowest BCUT2D eigenvalue weighted by Crippen LogP contribution is -2.46. The van der Waals surface area contributed by atoms with Crippen LogP contribution in [0.5, 0.6) is 5.75 Å². The van der Waals surface area contributed by atoms with Crippen molar-refractivity contribution >= 4 is 17.5 Å². The summed E-state index contributed by atoms with van der Waals surface area (Å²) in [6.07, 6.45) is 2.11. The minimum atomic E-state index is -0.439. The largest absolute Gasteiger partial charge is 0.494 e. The van der Waals surface area contributed by atoms with Gasteiger partial charge in [0.1, 0.15) is 5.75 Å². The van der Waals surface area contributed by atoms with Crippen LogP contribution in [0.2, 0.25) is 0 Å². The Kier molecular flexibility index (Phi) is 8.68. The molecule has 2 aliphatic heterocycles. The fourth-order valence-corrected chi connectivity index (χ4v) is 4.57. The van der Waals surface area contributed by atoms with Crippen molar-refractivity contribution in [3.63, 3.8) is 0 Å². The molecule has 2 aliphatic rings. The van der Waals surface area contributed by atoms with E-state index in [1.807, 2.05) is 12.1 Å². The first-order chi connectivity index (χ1) is 16.6. The van der Waals surface area contributed by atoms with Crippen molar-refractivity contribution in [2.45, 2.75) is 38.8 Å². The number of nitrogens with one attached hydrogen (secondary N) is 1. The summed E-state index contributed by atoms with van der Waals surface area (Å²) < 4.78 is 5.59. The number of hydrogen-bond donors (Lipinski definition) is 1. The molecule has 2 amide bonds. The molecule has 2 aromatic carbocycles. The average molecular weight is 465 g/mol. The molecule has 0 aromatic heterocycles. The lowest BCUT2D eigenvalue weighted by molar-refractivity contribution is -0.121. The number of nitrogens with zero attached hydrogens (tertiary/aromatic N) is 3. The second-order valence-corrected chi connectivity index (χ2v) is 9.08. The molecule has 2 fully saturated rings. The maximum Gasteiger partial charge on any atom is 0.251 e. The highest BCUT2D eigenvalue weighted by atomic mass is 16.5. The van der Waals surface area contributed by atoms with E-state index in [-0.39, 0.29) is 18.2 Å². The van der Waals surface area contributed by atoms with Crippen molar-refractivity contribution in [2.75, 3.05) is 50.8 Å². The van der Waals surface area contributed by atoms with Crippen LogP contribution >= 0.6 is 0 Å². The predicted molar refractivity (Wildman–Crippen MR) is 134 cm³/mol. The zero-order chi connectivity index (χ0) is 23.8. The first-order valence-corrected chi connectivity index (χ1v) is 12.5. The van der Waals surface area contributed by atoms with Crippen molar-refractivity contribution in [1.29, 1.82) is 0 Å². The highest BCUT2D eigenvalue weighted by Gasteiger charge is 2.39. The molecule has 0 bridgehead atoms. The van der Waals surface area contributed by atoms with Crippen molar-refractivity contribution in [2.24, 2.45) is 0 Å². The number of anilines is 1. The molecule has 4 rings (SSSR count). The van der Waals surface area contributed by atoms with Crippen LogP contribution in [0.15, 0.2) is 54.6 Å². The Morgan fingerprint density at radius 2 is 1.65 bits per heavy atom. The van der Waals surface area contributed by atoms with Crippen LogP contribution in [-0.2, 0) is 16.1 Å². The van der Waals surface area contributed by atoms with Gasteiger partial charge in [-0.05, 0) is 55.8 Å². The third-order valence-electron chi connectivity index (χ3n) is 6.47. The van der Waals surface area contributed by atoms with E-state index in [1.54, 1.807) is 12.1 Å². The maximum absolute atomic E-state index is 12.9. The molecule has 0 radical (unpaired) electrons. The minimum Gasteiger partial charge on any atom is -0.494 e. The summed E-state index contributed by atoms with van der Waals surface area (Å²) in [4.78, 5) is 31.7. The summed E-state index contributed by atoms with van der Waals surface area (Å²) in [5.41, 5.74) is 1.97. The number of rotatable bonds is 11. The zero-order valence-electron chi connectivity index (χ0n) is 20.1. The van der Waals surface area contributed by atoms with Gasteiger partial charge in [-0.15, -0.1) is 0 Å². The van der Waals surface area contributed by atoms with Crippen LogP contribution in [0, 0.1) is 0 Å². The summed E-state index contributed by atoms with van der Waals surface area (Å²) >= 11 is 0. The van der Waals surface area contributed by atoms with Crippen molar-refractivity contribution < 1.29 is 14.3 Å². The van der Waals surface area contributed by atoms with Gasteiger partial charge in [-0.2, -0.15) is 0 Å². The Hall–Kier alpha value is -2.74. The van der Waals surface area contributed by atoms with Crippen LogP contribution in [0.4, 0.5) is 5.69 Å². The molecule has 7 nitrogen and oxygen atoms in total. The fourth-order valence-electron chi connectivity index (χ4n) is 4.57. The van der Waals surface area contributed by atoms with Gasteiger partial charge in [0.2, 0.25) is 5.91 Å². The van der Waals surface area contributed by atoms with E-state index in [1.165, 1.54) is 10.5 Å². The average Bonchev–Trinajstić information content (AvgIpc) is 3.15. The quantitative estimate of drug-likeness (QED) is 0.408. The number of amides is 2. The van der Waals surface area contributed by atoms with Crippen LogP contribution < -0.4 is 15.0 Å². The minimum absolute atomic E-state index is 0.153. The fraction of sp³-hybridized carbons (Fsp3) is 0.481. The van der Waals surface area contributed by atoms with Crippen LogP contribution in [-0.4, -0.2) is 73.5 Å². The Balaban J connectivity index is 1.16. The SMILES string of the molecule is CCCOc1ccc(N2C(=O)C[C@@H](NCCCN3CCN(Cc4ccccc4)CC3)C2=O)cc1. The molecule has 34 heavy (non-hydrogen) atoms. The number of piperazine rings is 1. The number of carbonyl (C=O) groups excluding carboxylic acids is 2. The van der Waals surface area contributed by atoms with Crippen molar-refractivity contribution in [1.82, 2.24) is 15.1 Å². The lowest BCUT2D eigenvalue weighted by Gasteiger charge is -2.34. The summed E-state index contributed by atoms with van der Waals surface area (Å²) in [7, 11) is 0. The van der Waals surface area contributed by atoms with Gasteiger partial charge < -0.3 is 15.0 Å². The third kappa shape index (κ3) is 6.44. The first kappa shape index (κ1) is 24.4. The first-order valence-electron chi connectivity index (χ1n) is 12.5. The molecule has 7 heteroatoms. The number of benzene rings is 2. The van der Waals surface area contributed by atoms with Gasteiger partial charge in [0, 0.05) is 32.7 Å². The molecule has 1 N–H and O–H groups in total. The van der Waals surface area contributed by atoms with Crippen LogP contribution in [0.1, 0.15) is 31.7 Å². The molecule has 0 saturated carbocycles. The standard InChI is InChI=1S/C27H36N4O3/c1-2-19-34-24-11-9-23(10-12-24)31-26(32)20-25(27(31)33)28-13-6-14-29-15-17-30(18-16-29)21-22-7-4-3-5-8-22/h3-5,7-12,25,28H,2,6,13-21H2,1H3/t25-/m1/s1. The Morgan fingerprint density at radius 1 is 0.941 bits per heavy atom. The second kappa shape index (κ2) is 12.1. The third-order valence-corrected chi connectivity index (χ3v) is 6.47. The molecular weight excluding hydrogens is 428 g/mol. The summed E-state index contributed by atoms with van der Waals surface area (Å²) in [5, 5.41) is 3.31. The molecule has 182 valence electrons. The van der Waals surface area contributed by atoms with Gasteiger partial charge >= 0.3 is 0 Å². The maximum atomic E-state index is 12.9. The van der Waals surface area contributed by atoms with E-state index < -0.39 is 6.04 Å². The van der Waals surface area contributed by atoms with Gasteiger partial charge in [-0.1, -0.05) is 37.3 Å². The van der Waals surface area contributed by atoms with Gasteiger partial charge in [-0.3, -0.25) is 14.5 Å². The van der Waals surface area contributed by atoms with E-state index in [0.29, 0.717) is 12.3 Å². The molecule has 2 aromatic rings. The highest BCUT2D eigenvalue weighted by molar-refractivity contribution is 6.22. The second-order valence-electron chi connectivity index (χ2n) is 9.08. The van der Waals surface area contributed by atoms with Gasteiger partial charge in [0.15, 0.2) is 0 Å². The van der Waals surface area contributed by atoms with Gasteiger partial charge in [0.05, 0.1) is 24.8 Å². The van der Waals surface area contributed by atoms with Crippen molar-refractivity contribution in [3.05, 3.63) is 60.2 Å². The van der Waals surface area contributed by atoms with E-state index in [4.69, 9.17) is 4.74 Å². The number of ether oxygens (including phenoxy) is 1. The van der Waals surface area contributed by atoms with Gasteiger partial charge in [0.25, 0.3) is 5.91 Å².